The number of imidazole rings is 1. The smallest absolute Gasteiger partial charge is 0.121 e. The van der Waals surface area contributed by atoms with Crippen LogP contribution in [0.3, 0.4) is 0 Å². The predicted octanol–water partition coefficient (Wildman–Crippen LogP) is 3.19. The molecule has 1 aromatic heterocycles. The molecule has 3 rings (SSSR count). The molecule has 4 nitrogen and oxygen atoms in total. The molecule has 120 valence electrons. The number of benzene rings is 2. The fourth-order valence-corrected chi connectivity index (χ4v) is 2.82. The molecule has 0 aliphatic carbocycles. The van der Waals surface area contributed by atoms with E-state index in [1.807, 2.05) is 30.3 Å². The SMILES string of the molecule is C[C@@H](CO)CN(Cc1ccccc1)Cc1nc2ccccc2[nH]1. The van der Waals surface area contributed by atoms with Gasteiger partial charge in [-0.05, 0) is 23.6 Å². The Morgan fingerprint density at radius 1 is 1.04 bits per heavy atom. The van der Waals surface area contributed by atoms with Crippen molar-refractivity contribution in [1.82, 2.24) is 14.9 Å². The van der Waals surface area contributed by atoms with Crippen molar-refractivity contribution in [3.05, 3.63) is 66.0 Å². The number of nitrogens with zero attached hydrogens (tertiary/aromatic N) is 2. The van der Waals surface area contributed by atoms with Gasteiger partial charge in [-0.15, -0.1) is 0 Å². The molecule has 0 fully saturated rings. The zero-order chi connectivity index (χ0) is 16.1. The summed E-state index contributed by atoms with van der Waals surface area (Å²) in [5.41, 5.74) is 3.34. The second-order valence-electron chi connectivity index (χ2n) is 6.14. The molecule has 0 bridgehead atoms. The van der Waals surface area contributed by atoms with Crippen LogP contribution in [0.2, 0.25) is 0 Å². The molecule has 0 amide bonds. The molecule has 23 heavy (non-hydrogen) atoms. The van der Waals surface area contributed by atoms with Crippen LogP contribution in [0.25, 0.3) is 11.0 Å². The molecule has 0 unspecified atom stereocenters. The zero-order valence-corrected chi connectivity index (χ0v) is 13.4. The Morgan fingerprint density at radius 3 is 2.52 bits per heavy atom. The number of aromatic nitrogens is 2. The number of rotatable bonds is 7. The van der Waals surface area contributed by atoms with Crippen molar-refractivity contribution in [2.24, 2.45) is 5.92 Å². The van der Waals surface area contributed by atoms with E-state index in [-0.39, 0.29) is 12.5 Å². The standard InChI is InChI=1S/C19H23N3O/c1-15(14-23)11-22(12-16-7-3-2-4-8-16)13-19-20-17-9-5-6-10-18(17)21-19/h2-10,15,23H,11-14H2,1H3,(H,20,21)/t15-/m1/s1. The van der Waals surface area contributed by atoms with E-state index >= 15 is 0 Å². The van der Waals surface area contributed by atoms with Crippen LogP contribution in [-0.4, -0.2) is 33.1 Å². The maximum absolute atomic E-state index is 9.38. The lowest BCUT2D eigenvalue weighted by Crippen LogP contribution is -2.29. The molecule has 0 spiro atoms. The minimum absolute atomic E-state index is 0.200. The molecule has 0 radical (unpaired) electrons. The van der Waals surface area contributed by atoms with Gasteiger partial charge in [0.25, 0.3) is 0 Å². The van der Waals surface area contributed by atoms with Crippen molar-refractivity contribution in [1.29, 1.82) is 0 Å². The van der Waals surface area contributed by atoms with Crippen molar-refractivity contribution in [3.63, 3.8) is 0 Å². The molecule has 0 saturated carbocycles. The fourth-order valence-electron chi connectivity index (χ4n) is 2.82. The average molecular weight is 309 g/mol. The van der Waals surface area contributed by atoms with Gasteiger partial charge in [0, 0.05) is 19.7 Å². The van der Waals surface area contributed by atoms with Gasteiger partial charge >= 0.3 is 0 Å². The van der Waals surface area contributed by atoms with E-state index in [0.717, 1.165) is 36.5 Å². The quantitative estimate of drug-likeness (QED) is 0.705. The molecule has 0 aliphatic heterocycles. The van der Waals surface area contributed by atoms with Gasteiger partial charge in [-0.3, -0.25) is 4.90 Å². The lowest BCUT2D eigenvalue weighted by molar-refractivity contribution is 0.161. The first-order valence-electron chi connectivity index (χ1n) is 8.05. The largest absolute Gasteiger partial charge is 0.396 e. The maximum atomic E-state index is 9.38. The highest BCUT2D eigenvalue weighted by molar-refractivity contribution is 5.74. The van der Waals surface area contributed by atoms with Gasteiger partial charge < -0.3 is 10.1 Å². The third kappa shape index (κ3) is 4.18. The second kappa shape index (κ2) is 7.40. The highest BCUT2D eigenvalue weighted by Gasteiger charge is 2.13. The molecule has 2 N–H and O–H groups in total. The minimum Gasteiger partial charge on any atom is -0.396 e. The van der Waals surface area contributed by atoms with Gasteiger partial charge in [0.15, 0.2) is 0 Å². The van der Waals surface area contributed by atoms with E-state index in [1.165, 1.54) is 5.56 Å². The number of aliphatic hydroxyl groups excluding tert-OH is 1. The second-order valence-corrected chi connectivity index (χ2v) is 6.14. The number of fused-ring (bicyclic) bond motifs is 1. The van der Waals surface area contributed by atoms with E-state index in [0.29, 0.717) is 0 Å². The summed E-state index contributed by atoms with van der Waals surface area (Å²) in [7, 11) is 0. The molecule has 2 aromatic carbocycles. The predicted molar refractivity (Wildman–Crippen MR) is 92.9 cm³/mol. The number of aliphatic hydroxyl groups is 1. The zero-order valence-electron chi connectivity index (χ0n) is 13.4. The summed E-state index contributed by atoms with van der Waals surface area (Å²) in [5.74, 6) is 1.20. The Balaban J connectivity index is 1.76. The van der Waals surface area contributed by atoms with Crippen molar-refractivity contribution < 1.29 is 5.11 Å². The van der Waals surface area contributed by atoms with E-state index < -0.39 is 0 Å². The van der Waals surface area contributed by atoms with Crippen molar-refractivity contribution >= 4 is 11.0 Å². The van der Waals surface area contributed by atoms with Gasteiger partial charge in [-0.25, -0.2) is 4.98 Å². The Hall–Kier alpha value is -2.17. The summed E-state index contributed by atoms with van der Waals surface area (Å²) in [6.45, 7) is 4.70. The minimum atomic E-state index is 0.200. The van der Waals surface area contributed by atoms with Gasteiger partial charge in [-0.2, -0.15) is 0 Å². The lowest BCUT2D eigenvalue weighted by atomic mass is 10.1. The molecular formula is C19H23N3O. The van der Waals surface area contributed by atoms with E-state index in [9.17, 15) is 5.11 Å². The van der Waals surface area contributed by atoms with Crippen LogP contribution in [0, 0.1) is 5.92 Å². The van der Waals surface area contributed by atoms with Crippen LogP contribution in [0.1, 0.15) is 18.3 Å². The van der Waals surface area contributed by atoms with Gasteiger partial charge in [0.05, 0.1) is 17.6 Å². The van der Waals surface area contributed by atoms with Crippen LogP contribution in [0.15, 0.2) is 54.6 Å². The van der Waals surface area contributed by atoms with Crippen LogP contribution < -0.4 is 0 Å². The Morgan fingerprint density at radius 2 is 1.78 bits per heavy atom. The maximum Gasteiger partial charge on any atom is 0.121 e. The molecule has 4 heteroatoms. The van der Waals surface area contributed by atoms with Gasteiger partial charge in [0.2, 0.25) is 0 Å². The summed E-state index contributed by atoms with van der Waals surface area (Å²) < 4.78 is 0. The fraction of sp³-hybridized carbons (Fsp3) is 0.316. The lowest BCUT2D eigenvalue weighted by Gasteiger charge is -2.24. The highest BCUT2D eigenvalue weighted by atomic mass is 16.3. The average Bonchev–Trinajstić information content (AvgIpc) is 2.97. The van der Waals surface area contributed by atoms with E-state index in [4.69, 9.17) is 0 Å². The summed E-state index contributed by atoms with van der Waals surface area (Å²) in [4.78, 5) is 10.4. The molecule has 1 atom stereocenters. The van der Waals surface area contributed by atoms with Gasteiger partial charge in [0.1, 0.15) is 5.82 Å². The topological polar surface area (TPSA) is 52.1 Å². The Kier molecular flexibility index (Phi) is 5.05. The van der Waals surface area contributed by atoms with Gasteiger partial charge in [-0.1, -0.05) is 49.4 Å². The number of hydrogen-bond acceptors (Lipinski definition) is 3. The molecule has 1 heterocycles. The Bertz CT molecular complexity index is 705. The van der Waals surface area contributed by atoms with Crippen LogP contribution >= 0.6 is 0 Å². The monoisotopic (exact) mass is 309 g/mol. The third-order valence-electron chi connectivity index (χ3n) is 3.94. The molecular weight excluding hydrogens is 286 g/mol. The number of aromatic amines is 1. The van der Waals surface area contributed by atoms with Crippen LogP contribution in [-0.2, 0) is 13.1 Å². The summed E-state index contributed by atoms with van der Waals surface area (Å²) in [6, 6.07) is 18.5. The first kappa shape index (κ1) is 15.7. The Labute approximate surface area is 136 Å². The van der Waals surface area contributed by atoms with Crippen molar-refractivity contribution in [3.8, 4) is 0 Å². The van der Waals surface area contributed by atoms with Crippen LogP contribution in [0.4, 0.5) is 0 Å². The van der Waals surface area contributed by atoms with E-state index in [1.54, 1.807) is 0 Å². The normalized spacial score (nSPS) is 12.8. The first-order chi connectivity index (χ1) is 11.2. The van der Waals surface area contributed by atoms with Crippen molar-refractivity contribution in [2.45, 2.75) is 20.0 Å². The number of para-hydroxylation sites is 2. The highest BCUT2D eigenvalue weighted by Crippen LogP contribution is 2.14. The van der Waals surface area contributed by atoms with Crippen LogP contribution in [0.5, 0.6) is 0 Å². The summed E-state index contributed by atoms with van der Waals surface area (Å²) in [5, 5.41) is 9.38. The molecule has 0 aliphatic rings. The molecule has 0 saturated heterocycles. The first-order valence-corrected chi connectivity index (χ1v) is 8.05. The van der Waals surface area contributed by atoms with E-state index in [2.05, 4.69) is 46.1 Å². The number of nitrogens with one attached hydrogen (secondary N) is 1. The van der Waals surface area contributed by atoms with Crippen molar-refractivity contribution in [2.75, 3.05) is 13.2 Å². The third-order valence-corrected chi connectivity index (χ3v) is 3.94. The number of hydrogen-bond donors (Lipinski definition) is 2. The number of H-pyrrole nitrogens is 1. The summed E-state index contributed by atoms with van der Waals surface area (Å²) in [6.07, 6.45) is 0. The molecule has 3 aromatic rings. The summed E-state index contributed by atoms with van der Waals surface area (Å²) >= 11 is 0.